The first-order valence-corrected chi connectivity index (χ1v) is 6.72. The molecule has 2 N–H and O–H groups in total. The summed E-state index contributed by atoms with van der Waals surface area (Å²) in [5, 5.41) is 0. The standard InChI is InChI=1S/C14H26N2O/c1-5-11(4)16(7-3)13(10-15)14-9-8-12(6-2)17-14/h8-9,11,13H,5-7,10,15H2,1-4H3. The molecular formula is C14H26N2O. The van der Waals surface area contributed by atoms with E-state index in [0.29, 0.717) is 12.6 Å². The Bertz CT molecular complexity index is 322. The van der Waals surface area contributed by atoms with E-state index in [0.717, 1.165) is 30.9 Å². The van der Waals surface area contributed by atoms with Gasteiger partial charge in [0.15, 0.2) is 0 Å². The number of nitrogens with two attached hydrogens (primary N) is 1. The van der Waals surface area contributed by atoms with E-state index in [1.54, 1.807) is 0 Å². The number of nitrogens with zero attached hydrogens (tertiary/aromatic N) is 1. The molecule has 17 heavy (non-hydrogen) atoms. The Labute approximate surface area is 105 Å². The van der Waals surface area contributed by atoms with Crippen molar-refractivity contribution in [1.82, 2.24) is 4.90 Å². The van der Waals surface area contributed by atoms with Crippen LogP contribution in [0.25, 0.3) is 0 Å². The van der Waals surface area contributed by atoms with Gasteiger partial charge in [-0.15, -0.1) is 0 Å². The highest BCUT2D eigenvalue weighted by Gasteiger charge is 2.24. The summed E-state index contributed by atoms with van der Waals surface area (Å²) in [5.41, 5.74) is 5.92. The highest BCUT2D eigenvalue weighted by atomic mass is 16.3. The van der Waals surface area contributed by atoms with Crippen molar-refractivity contribution in [3.05, 3.63) is 23.7 Å². The van der Waals surface area contributed by atoms with Crippen molar-refractivity contribution in [1.29, 1.82) is 0 Å². The SMILES string of the molecule is CCc1ccc(C(CN)N(CC)C(C)CC)o1. The number of hydrogen-bond acceptors (Lipinski definition) is 3. The van der Waals surface area contributed by atoms with Crippen LogP contribution in [0.15, 0.2) is 16.5 Å². The molecule has 0 aliphatic heterocycles. The van der Waals surface area contributed by atoms with Crippen molar-refractivity contribution in [3.8, 4) is 0 Å². The minimum absolute atomic E-state index is 0.204. The van der Waals surface area contributed by atoms with E-state index < -0.39 is 0 Å². The number of hydrogen-bond donors (Lipinski definition) is 1. The average Bonchev–Trinajstić information content (AvgIpc) is 2.83. The van der Waals surface area contributed by atoms with Gasteiger partial charge in [0.25, 0.3) is 0 Å². The number of aryl methyl sites for hydroxylation is 1. The fraction of sp³-hybridized carbons (Fsp3) is 0.714. The molecule has 0 bridgehead atoms. The molecule has 0 radical (unpaired) electrons. The van der Waals surface area contributed by atoms with Crippen molar-refractivity contribution in [2.24, 2.45) is 5.73 Å². The van der Waals surface area contributed by atoms with Gasteiger partial charge in [-0.05, 0) is 32.0 Å². The lowest BCUT2D eigenvalue weighted by Gasteiger charge is -2.33. The van der Waals surface area contributed by atoms with Gasteiger partial charge in [-0.1, -0.05) is 20.8 Å². The first-order chi connectivity index (χ1) is 8.17. The predicted octanol–water partition coefficient (Wildman–Crippen LogP) is 2.96. The summed E-state index contributed by atoms with van der Waals surface area (Å²) >= 11 is 0. The van der Waals surface area contributed by atoms with Gasteiger partial charge in [0.05, 0.1) is 6.04 Å². The van der Waals surface area contributed by atoms with Gasteiger partial charge in [0.2, 0.25) is 0 Å². The molecule has 98 valence electrons. The molecule has 0 amide bonds. The molecule has 2 unspecified atom stereocenters. The van der Waals surface area contributed by atoms with Gasteiger partial charge in [-0.2, -0.15) is 0 Å². The molecular weight excluding hydrogens is 212 g/mol. The van der Waals surface area contributed by atoms with Gasteiger partial charge >= 0.3 is 0 Å². The van der Waals surface area contributed by atoms with Crippen LogP contribution in [0.2, 0.25) is 0 Å². The maximum Gasteiger partial charge on any atom is 0.122 e. The first kappa shape index (κ1) is 14.3. The summed E-state index contributed by atoms with van der Waals surface area (Å²) in [5.74, 6) is 2.05. The largest absolute Gasteiger partial charge is 0.464 e. The summed E-state index contributed by atoms with van der Waals surface area (Å²) in [6.07, 6.45) is 2.07. The first-order valence-electron chi connectivity index (χ1n) is 6.72. The molecule has 1 heterocycles. The van der Waals surface area contributed by atoms with Gasteiger partial charge in [-0.25, -0.2) is 0 Å². The van der Waals surface area contributed by atoms with Crippen LogP contribution in [0.4, 0.5) is 0 Å². The molecule has 0 fully saturated rings. The Kier molecular flexibility index (Phi) is 5.72. The van der Waals surface area contributed by atoms with E-state index in [1.807, 2.05) is 0 Å². The van der Waals surface area contributed by atoms with Gasteiger partial charge in [0, 0.05) is 19.0 Å². The fourth-order valence-electron chi connectivity index (χ4n) is 2.25. The second kappa shape index (κ2) is 6.82. The second-order valence-corrected chi connectivity index (χ2v) is 4.50. The van der Waals surface area contributed by atoms with Crippen LogP contribution in [-0.4, -0.2) is 24.0 Å². The van der Waals surface area contributed by atoms with Crippen molar-refractivity contribution in [2.45, 2.75) is 52.6 Å². The van der Waals surface area contributed by atoms with E-state index in [9.17, 15) is 0 Å². The Morgan fingerprint density at radius 2 is 2.00 bits per heavy atom. The molecule has 3 heteroatoms. The summed E-state index contributed by atoms with van der Waals surface area (Å²) in [6, 6.07) is 4.86. The van der Waals surface area contributed by atoms with E-state index in [-0.39, 0.29) is 6.04 Å². The van der Waals surface area contributed by atoms with Crippen LogP contribution in [0.5, 0.6) is 0 Å². The van der Waals surface area contributed by atoms with Crippen LogP contribution >= 0.6 is 0 Å². The quantitative estimate of drug-likeness (QED) is 0.794. The van der Waals surface area contributed by atoms with Crippen molar-refractivity contribution >= 4 is 0 Å². The number of furan rings is 1. The Morgan fingerprint density at radius 3 is 2.41 bits per heavy atom. The summed E-state index contributed by atoms with van der Waals surface area (Å²) in [4.78, 5) is 2.41. The molecule has 0 aliphatic rings. The molecule has 1 aromatic rings. The zero-order chi connectivity index (χ0) is 12.8. The zero-order valence-electron chi connectivity index (χ0n) is 11.6. The monoisotopic (exact) mass is 238 g/mol. The molecule has 1 aromatic heterocycles. The highest BCUT2D eigenvalue weighted by molar-refractivity contribution is 5.11. The second-order valence-electron chi connectivity index (χ2n) is 4.50. The zero-order valence-corrected chi connectivity index (χ0v) is 11.6. The van der Waals surface area contributed by atoms with Crippen molar-refractivity contribution in [3.63, 3.8) is 0 Å². The lowest BCUT2D eigenvalue weighted by atomic mass is 10.1. The maximum absolute atomic E-state index is 5.92. The van der Waals surface area contributed by atoms with Gasteiger partial charge in [0.1, 0.15) is 11.5 Å². The van der Waals surface area contributed by atoms with Crippen LogP contribution in [0, 0.1) is 0 Å². The van der Waals surface area contributed by atoms with E-state index in [2.05, 4.69) is 44.7 Å². The number of rotatable bonds is 7. The molecule has 0 saturated carbocycles. The minimum atomic E-state index is 0.204. The molecule has 2 atom stereocenters. The Morgan fingerprint density at radius 1 is 1.29 bits per heavy atom. The van der Waals surface area contributed by atoms with Crippen molar-refractivity contribution in [2.75, 3.05) is 13.1 Å². The lowest BCUT2D eigenvalue weighted by Crippen LogP contribution is -2.39. The molecule has 0 aromatic carbocycles. The van der Waals surface area contributed by atoms with Crippen LogP contribution in [0.3, 0.4) is 0 Å². The summed E-state index contributed by atoms with van der Waals surface area (Å²) in [6.45, 7) is 10.3. The summed E-state index contributed by atoms with van der Waals surface area (Å²) < 4.78 is 5.84. The van der Waals surface area contributed by atoms with Crippen molar-refractivity contribution < 1.29 is 4.42 Å². The molecule has 0 saturated heterocycles. The third-order valence-electron chi connectivity index (χ3n) is 3.51. The number of likely N-dealkylation sites (N-methyl/N-ethyl adjacent to an activating group) is 1. The van der Waals surface area contributed by atoms with Crippen LogP contribution in [0.1, 0.15) is 51.7 Å². The molecule has 0 aliphatic carbocycles. The Balaban J connectivity index is 2.88. The van der Waals surface area contributed by atoms with Gasteiger partial charge in [-0.3, -0.25) is 4.90 Å². The van der Waals surface area contributed by atoms with E-state index in [1.165, 1.54) is 0 Å². The molecule has 3 nitrogen and oxygen atoms in total. The minimum Gasteiger partial charge on any atom is -0.464 e. The summed E-state index contributed by atoms with van der Waals surface area (Å²) in [7, 11) is 0. The highest BCUT2D eigenvalue weighted by Crippen LogP contribution is 2.25. The third kappa shape index (κ3) is 3.33. The van der Waals surface area contributed by atoms with Gasteiger partial charge < -0.3 is 10.2 Å². The molecule has 0 spiro atoms. The molecule has 1 rings (SSSR count). The van der Waals surface area contributed by atoms with Crippen LogP contribution < -0.4 is 5.73 Å². The van der Waals surface area contributed by atoms with E-state index in [4.69, 9.17) is 10.2 Å². The fourth-order valence-corrected chi connectivity index (χ4v) is 2.25. The maximum atomic E-state index is 5.92. The topological polar surface area (TPSA) is 42.4 Å². The lowest BCUT2D eigenvalue weighted by molar-refractivity contribution is 0.134. The van der Waals surface area contributed by atoms with E-state index >= 15 is 0 Å². The Hall–Kier alpha value is -0.800. The smallest absolute Gasteiger partial charge is 0.122 e. The normalized spacial score (nSPS) is 15.2. The van der Waals surface area contributed by atoms with Crippen LogP contribution in [-0.2, 0) is 6.42 Å². The average molecular weight is 238 g/mol. The predicted molar refractivity (Wildman–Crippen MR) is 72.0 cm³/mol. The third-order valence-corrected chi connectivity index (χ3v) is 3.51.